The van der Waals surface area contributed by atoms with Crippen LogP contribution in [0.2, 0.25) is 0 Å². The van der Waals surface area contributed by atoms with Gasteiger partial charge in [-0.15, -0.1) is 11.8 Å². The zero-order valence-electron chi connectivity index (χ0n) is 54.7. The number of hydrogen-bond donors (Lipinski definition) is 14. The fourth-order valence-corrected chi connectivity index (χ4v) is 12.4. The van der Waals surface area contributed by atoms with Gasteiger partial charge in [0.15, 0.2) is 17.9 Å². The molecule has 3 aromatic rings. The molecule has 9 atom stereocenters. The Balaban J connectivity index is 1.03. The van der Waals surface area contributed by atoms with Gasteiger partial charge in [-0.1, -0.05) is 26.0 Å². The molecular weight excluding hydrogens is 1330 g/mol. The number of nitrogens with one attached hydrogen (secondary N) is 7. The van der Waals surface area contributed by atoms with E-state index in [1.807, 2.05) is 0 Å². The number of rotatable bonds is 33. The number of carbonyl (C=O) groups is 13. The van der Waals surface area contributed by atoms with E-state index in [0.29, 0.717) is 0 Å². The van der Waals surface area contributed by atoms with Crippen molar-refractivity contribution >= 4 is 94.2 Å². The highest BCUT2D eigenvalue weighted by Crippen LogP contribution is 2.53. The number of fused-ring (bicyclic) bond motifs is 3. The fraction of sp³-hybridized carbons (Fsp3) is 0.484. The number of primary amides is 1. The van der Waals surface area contributed by atoms with Crippen molar-refractivity contribution in [3.05, 3.63) is 86.3 Å². The Labute approximate surface area is 569 Å². The van der Waals surface area contributed by atoms with Gasteiger partial charge in [-0.25, -0.2) is 14.4 Å². The van der Waals surface area contributed by atoms with Crippen LogP contribution in [-0.2, 0) is 75.1 Å². The maximum Gasteiger partial charge on any atom is 0.407 e. The summed E-state index contributed by atoms with van der Waals surface area (Å²) in [6.45, 7) is 4.71. The Morgan fingerprint density at radius 2 is 1.58 bits per heavy atom. The number of carbonyl (C=O) groups excluding carboxylic acids is 12. The van der Waals surface area contributed by atoms with Crippen LogP contribution in [0, 0.1) is 5.92 Å². The second-order valence-electron chi connectivity index (χ2n) is 23.8. The number of thioether (sulfide) groups is 1. The van der Waals surface area contributed by atoms with E-state index in [4.69, 9.17) is 34.2 Å². The zero-order chi connectivity index (χ0) is 72.7. The Morgan fingerprint density at radius 3 is 2.24 bits per heavy atom. The highest BCUT2D eigenvalue weighted by Gasteiger charge is 2.51. The van der Waals surface area contributed by atoms with Crippen molar-refractivity contribution in [1.29, 1.82) is 0 Å². The molecule has 15 N–H and O–H groups in total. The smallest absolute Gasteiger partial charge is 0.407 e. The molecule has 0 saturated carbocycles. The van der Waals surface area contributed by atoms with Crippen molar-refractivity contribution in [2.24, 2.45) is 11.7 Å². The number of carboxylic acids is 1. The monoisotopic (exact) mass is 1410 g/mol. The summed E-state index contributed by atoms with van der Waals surface area (Å²) >= 11 is 0.760. The molecule has 0 radical (unpaired) electrons. The summed E-state index contributed by atoms with van der Waals surface area (Å²) < 4.78 is 35.0. The average molecular weight is 1410 g/mol. The van der Waals surface area contributed by atoms with Crippen molar-refractivity contribution in [2.45, 2.75) is 134 Å². The number of aliphatic carboxylic acids is 1. The first-order chi connectivity index (χ1) is 46.9. The molecule has 3 aromatic carbocycles. The number of imide groups is 1. The molecule has 0 unspecified atom stereocenters. The van der Waals surface area contributed by atoms with Gasteiger partial charge in [-0.2, -0.15) is 0 Å². The minimum atomic E-state index is -2.49. The van der Waals surface area contributed by atoms with Crippen LogP contribution in [0.3, 0.4) is 0 Å². The number of ketones is 3. The summed E-state index contributed by atoms with van der Waals surface area (Å²) in [5.41, 5.74) is 0.752. The standard InChI is InChI=1S/C64H79N9O25S/c1-29(2)52(69-32(5)76)59(86)71-37(10-8-15-67-62(65)90)58(85)70-34-13-12-33(41(21-34)95-20-19-94-18-16-66-45(78)14-17-73-46(79)23-43(60(73)87)99-28-39(61(88)89)68-31(4)75)27-96-63(91)72-38-22-47(97-30(3)53(38)80)98-42-25-64(92,44(77)26-74)24-36-49(42)57(84)51-50(55(36)82)54(81)35-9-7-11-40(93-6)48(35)56(51)83/h7,9,11-13,21,23,29-30,37-39,42,47,52-53,74,80,82,84,92H,8,10,14-20,22,24-28H2,1-6H3,(H,66,78)(H,68,75)(H,69,76)(H,70,85)(H,71,86)(H,72,91)(H,88,89)(H3,65,67,90)/t30-,37-,38-,39-,42-,47-,52-,53+,64-/m0/s1. The van der Waals surface area contributed by atoms with Gasteiger partial charge in [0.1, 0.15) is 72.6 Å². The lowest BCUT2D eigenvalue weighted by Crippen LogP contribution is -2.56. The topological polar surface area (TPSA) is 512 Å². The van der Waals surface area contributed by atoms with Crippen LogP contribution in [0.25, 0.3) is 0 Å². The van der Waals surface area contributed by atoms with Gasteiger partial charge in [0.25, 0.3) is 11.8 Å². The van der Waals surface area contributed by atoms with E-state index in [2.05, 4.69) is 37.2 Å². The molecular formula is C64H79N9O25S. The van der Waals surface area contributed by atoms with E-state index in [-0.39, 0.29) is 121 Å². The summed E-state index contributed by atoms with van der Waals surface area (Å²) in [6, 6.07) is 2.70. The van der Waals surface area contributed by atoms with Crippen molar-refractivity contribution in [3.63, 3.8) is 0 Å². The molecule has 0 bridgehead atoms. The quantitative estimate of drug-likeness (QED) is 0.0162. The number of phenols is 2. The third-order valence-electron chi connectivity index (χ3n) is 16.3. The highest BCUT2D eigenvalue weighted by atomic mass is 32.2. The number of hydrogen-bond acceptors (Lipinski definition) is 25. The number of aromatic hydroxyl groups is 2. The third-order valence-corrected chi connectivity index (χ3v) is 17.4. The van der Waals surface area contributed by atoms with Gasteiger partial charge in [0, 0.05) is 105 Å². The van der Waals surface area contributed by atoms with Crippen LogP contribution in [0.5, 0.6) is 23.0 Å². The molecule has 1 fully saturated rings. The number of benzene rings is 3. The largest absolute Gasteiger partial charge is 0.507 e. The first-order valence-electron chi connectivity index (χ1n) is 31.3. The predicted octanol–water partition coefficient (Wildman–Crippen LogP) is -0.522. The number of aliphatic hydroxyl groups is 3. The van der Waals surface area contributed by atoms with Crippen molar-refractivity contribution in [3.8, 4) is 23.0 Å². The number of nitrogens with zero attached hydrogens (tertiary/aromatic N) is 1. The summed E-state index contributed by atoms with van der Waals surface area (Å²) in [5.74, 6) is -11.1. The number of ether oxygens (including phenoxy) is 6. The third kappa shape index (κ3) is 19.1. The molecule has 0 spiro atoms. The Kier molecular flexibility index (Phi) is 26.4. The summed E-state index contributed by atoms with van der Waals surface area (Å²) in [7, 11) is 1.26. The van der Waals surface area contributed by atoms with E-state index in [0.717, 1.165) is 29.7 Å². The van der Waals surface area contributed by atoms with Gasteiger partial charge >= 0.3 is 18.1 Å². The van der Waals surface area contributed by atoms with Gasteiger partial charge < -0.3 is 102 Å². The normalized spacial score (nSPS) is 20.2. The molecule has 7 rings (SSSR count). The lowest BCUT2D eigenvalue weighted by Gasteiger charge is -2.42. The van der Waals surface area contributed by atoms with Crippen LogP contribution in [0.15, 0.2) is 47.4 Å². The Bertz CT molecular complexity index is 3700. The zero-order valence-corrected chi connectivity index (χ0v) is 55.5. The molecule has 1 saturated heterocycles. The molecule has 2 heterocycles. The number of aliphatic hydroxyl groups excluding tert-OH is 2. The van der Waals surface area contributed by atoms with Gasteiger partial charge in [-0.05, 0) is 43.9 Å². The molecule has 4 aliphatic rings. The van der Waals surface area contributed by atoms with Crippen molar-refractivity contribution in [1.82, 2.24) is 36.8 Å². The minimum absolute atomic E-state index is 0.0105. The van der Waals surface area contributed by atoms with E-state index in [1.165, 1.54) is 57.4 Å². The number of phenolic OH excluding ortho intramolecular Hbond substituents is 2. The lowest BCUT2D eigenvalue weighted by atomic mass is 9.72. The summed E-state index contributed by atoms with van der Waals surface area (Å²) in [4.78, 5) is 168. The van der Waals surface area contributed by atoms with Gasteiger partial charge in [-0.3, -0.25) is 52.8 Å². The highest BCUT2D eigenvalue weighted by molar-refractivity contribution is 8.04. The first-order valence-corrected chi connectivity index (χ1v) is 32.2. The van der Waals surface area contributed by atoms with E-state index in [9.17, 15) is 93.0 Å². The maximum atomic E-state index is 14.2. The molecule has 99 heavy (non-hydrogen) atoms. The van der Waals surface area contributed by atoms with Gasteiger partial charge in [0.05, 0.1) is 60.2 Å². The molecule has 2 aliphatic carbocycles. The SMILES string of the molecule is COc1cccc2c1C(=O)c1c(O)c3c(c(O)c1C2=O)C[C@@](O)(C(=O)CO)C[C@@H]3O[C@H]1C[C@H](NC(=O)OCc2ccc(NC(=O)[C@H](CCCNC(N)=O)NC(=O)[C@@H](NC(C)=O)C(C)C)cc2OCCOCCNC(=O)CCN2C(=O)C=C(SC[C@H](NC(C)=O)C(=O)O)C2=O)[C@H](O)[C@H](C)O1. The molecule has 536 valence electrons. The summed E-state index contributed by atoms with van der Waals surface area (Å²) in [6.07, 6.45) is -7.79. The second-order valence-corrected chi connectivity index (χ2v) is 24.9. The molecule has 10 amide bonds. The second kappa shape index (κ2) is 34.1. The number of Topliss-reactive ketones (excluding diaryl/α,β-unsaturated/α-hetero) is 1. The van der Waals surface area contributed by atoms with Crippen molar-refractivity contribution < 1.29 is 121 Å². The fourth-order valence-electron chi connectivity index (χ4n) is 11.4. The average Bonchev–Trinajstić information content (AvgIpc) is 1.20. The van der Waals surface area contributed by atoms with Crippen LogP contribution in [0.4, 0.5) is 15.3 Å². The molecule has 35 heteroatoms. The number of urea groups is 1. The molecule has 0 aromatic heterocycles. The van der Waals surface area contributed by atoms with Crippen LogP contribution < -0.4 is 52.4 Å². The predicted molar refractivity (Wildman–Crippen MR) is 344 cm³/mol. The van der Waals surface area contributed by atoms with E-state index >= 15 is 0 Å². The number of anilines is 1. The summed E-state index contributed by atoms with van der Waals surface area (Å²) in [5, 5.41) is 84.0. The maximum absolute atomic E-state index is 14.2. The Hall–Kier alpha value is -9.78. The number of nitrogens with two attached hydrogens (primary N) is 1. The Morgan fingerprint density at radius 1 is 0.859 bits per heavy atom. The minimum Gasteiger partial charge on any atom is -0.507 e. The van der Waals surface area contributed by atoms with E-state index < -0.39 is 186 Å². The van der Waals surface area contributed by atoms with Crippen LogP contribution in [0.1, 0.15) is 121 Å². The van der Waals surface area contributed by atoms with Crippen molar-refractivity contribution in [2.75, 3.05) is 64.2 Å². The molecule has 34 nitrogen and oxygen atoms in total. The molecule has 2 aliphatic heterocycles. The number of amides is 10. The van der Waals surface area contributed by atoms with Crippen LogP contribution >= 0.6 is 11.8 Å². The first kappa shape index (κ1) is 76.6. The number of methoxy groups -OCH3 is 1. The number of carboxylic acid groups (broad SMARTS) is 1. The van der Waals surface area contributed by atoms with E-state index in [1.54, 1.807) is 13.8 Å². The lowest BCUT2D eigenvalue weighted by molar-refractivity contribution is -0.249. The van der Waals surface area contributed by atoms with Gasteiger partial charge in [0.2, 0.25) is 35.3 Å². The number of alkyl carbamates (subject to hydrolysis) is 1. The van der Waals surface area contributed by atoms with Crippen LogP contribution in [-0.4, -0.2) is 220 Å².